The fourth-order valence-corrected chi connectivity index (χ4v) is 3.02. The van der Waals surface area contributed by atoms with Gasteiger partial charge in [-0.2, -0.15) is 0 Å². The number of aryl methyl sites for hydroxylation is 2. The van der Waals surface area contributed by atoms with E-state index in [1.807, 2.05) is 30.8 Å². The van der Waals surface area contributed by atoms with Crippen LogP contribution in [0.1, 0.15) is 30.1 Å². The van der Waals surface area contributed by atoms with Gasteiger partial charge in [-0.25, -0.2) is 9.37 Å². The molecule has 0 aliphatic heterocycles. The predicted octanol–water partition coefficient (Wildman–Crippen LogP) is 4.47. The molecule has 116 valence electrons. The Bertz CT molecular complexity index is 878. The minimum atomic E-state index is -0.250. The van der Waals surface area contributed by atoms with Crippen LogP contribution in [0.15, 0.2) is 42.7 Å². The van der Waals surface area contributed by atoms with Gasteiger partial charge in [0.15, 0.2) is 0 Å². The molecule has 4 heteroatoms. The van der Waals surface area contributed by atoms with Crippen molar-refractivity contribution < 1.29 is 4.39 Å². The first kappa shape index (κ1) is 14.1. The standard InChI is InChI=1S/C19H18FN3/c1-12-9-14(10-18(22-12)13-3-4-13)16-6-5-15(20)11-17(16)19-21-7-8-23(19)2/h5-11,13H,3-4H2,1-2H3. The minimum absolute atomic E-state index is 0.250. The molecular weight excluding hydrogens is 289 g/mol. The molecule has 1 aliphatic carbocycles. The largest absolute Gasteiger partial charge is 0.334 e. The summed E-state index contributed by atoms with van der Waals surface area (Å²) in [6.07, 6.45) is 6.03. The molecule has 1 fully saturated rings. The first-order valence-electron chi connectivity index (χ1n) is 7.88. The van der Waals surface area contributed by atoms with Crippen molar-refractivity contribution in [2.24, 2.45) is 7.05 Å². The fraction of sp³-hybridized carbons (Fsp3) is 0.263. The highest BCUT2D eigenvalue weighted by atomic mass is 19.1. The summed E-state index contributed by atoms with van der Waals surface area (Å²) in [4.78, 5) is 9.04. The molecule has 3 nitrogen and oxygen atoms in total. The van der Waals surface area contributed by atoms with Crippen LogP contribution in [0.4, 0.5) is 4.39 Å². The Labute approximate surface area is 134 Å². The summed E-state index contributed by atoms with van der Waals surface area (Å²) in [6.45, 7) is 2.01. The predicted molar refractivity (Wildman–Crippen MR) is 88.5 cm³/mol. The van der Waals surface area contributed by atoms with Gasteiger partial charge in [-0.15, -0.1) is 0 Å². The number of rotatable bonds is 3. The molecule has 1 saturated carbocycles. The van der Waals surface area contributed by atoms with E-state index in [0.29, 0.717) is 5.92 Å². The summed E-state index contributed by atoms with van der Waals surface area (Å²) in [5.74, 6) is 1.10. The molecule has 2 heterocycles. The zero-order valence-electron chi connectivity index (χ0n) is 13.3. The monoisotopic (exact) mass is 307 g/mol. The number of hydrogen-bond donors (Lipinski definition) is 0. The number of aromatic nitrogens is 3. The smallest absolute Gasteiger partial charge is 0.140 e. The van der Waals surface area contributed by atoms with Crippen LogP contribution >= 0.6 is 0 Å². The summed E-state index contributed by atoms with van der Waals surface area (Å²) in [5, 5.41) is 0. The van der Waals surface area contributed by atoms with Crippen molar-refractivity contribution in [3.63, 3.8) is 0 Å². The van der Waals surface area contributed by atoms with Crippen LogP contribution in [-0.2, 0) is 7.05 Å². The van der Waals surface area contributed by atoms with Gasteiger partial charge >= 0.3 is 0 Å². The Morgan fingerprint density at radius 3 is 2.65 bits per heavy atom. The molecule has 23 heavy (non-hydrogen) atoms. The van der Waals surface area contributed by atoms with Crippen molar-refractivity contribution in [2.75, 3.05) is 0 Å². The van der Waals surface area contributed by atoms with Gasteiger partial charge < -0.3 is 4.57 Å². The van der Waals surface area contributed by atoms with E-state index < -0.39 is 0 Å². The van der Waals surface area contributed by atoms with Crippen molar-refractivity contribution in [3.8, 4) is 22.5 Å². The van der Waals surface area contributed by atoms with Gasteiger partial charge in [0.1, 0.15) is 11.6 Å². The second kappa shape index (κ2) is 5.30. The van der Waals surface area contributed by atoms with Crippen molar-refractivity contribution in [1.29, 1.82) is 0 Å². The van der Waals surface area contributed by atoms with Gasteiger partial charge in [0, 0.05) is 42.3 Å². The molecule has 3 aromatic rings. The SMILES string of the molecule is Cc1cc(-c2ccc(F)cc2-c2nccn2C)cc(C2CC2)n1. The van der Waals surface area contributed by atoms with Crippen molar-refractivity contribution in [3.05, 3.63) is 59.9 Å². The molecule has 0 bridgehead atoms. The highest BCUT2D eigenvalue weighted by molar-refractivity contribution is 5.81. The molecular formula is C19H18FN3. The normalized spacial score (nSPS) is 14.2. The highest BCUT2D eigenvalue weighted by Gasteiger charge is 2.26. The molecule has 0 unspecified atom stereocenters. The lowest BCUT2D eigenvalue weighted by Crippen LogP contribution is -1.97. The van der Waals surface area contributed by atoms with Gasteiger partial charge in [0.05, 0.1) is 0 Å². The van der Waals surface area contributed by atoms with E-state index in [4.69, 9.17) is 0 Å². The number of benzene rings is 1. The second-order valence-electron chi connectivity index (χ2n) is 6.25. The van der Waals surface area contributed by atoms with Crippen LogP contribution in [0.2, 0.25) is 0 Å². The zero-order chi connectivity index (χ0) is 16.0. The molecule has 0 spiro atoms. The summed E-state index contributed by atoms with van der Waals surface area (Å²) < 4.78 is 15.7. The average molecular weight is 307 g/mol. The summed E-state index contributed by atoms with van der Waals surface area (Å²) in [6, 6.07) is 9.11. The Hall–Kier alpha value is -2.49. The van der Waals surface area contributed by atoms with Crippen molar-refractivity contribution in [2.45, 2.75) is 25.7 Å². The van der Waals surface area contributed by atoms with Gasteiger partial charge in [-0.05, 0) is 55.2 Å². The van der Waals surface area contributed by atoms with Gasteiger partial charge in [0.25, 0.3) is 0 Å². The van der Waals surface area contributed by atoms with Gasteiger partial charge in [-0.1, -0.05) is 6.07 Å². The molecule has 0 amide bonds. The second-order valence-corrected chi connectivity index (χ2v) is 6.25. The molecule has 2 aromatic heterocycles. The number of halogens is 1. The average Bonchev–Trinajstić information content (AvgIpc) is 3.28. The van der Waals surface area contributed by atoms with Crippen molar-refractivity contribution in [1.82, 2.24) is 14.5 Å². The third-order valence-electron chi connectivity index (χ3n) is 4.32. The quantitative estimate of drug-likeness (QED) is 0.714. The van der Waals surface area contributed by atoms with Crippen LogP contribution < -0.4 is 0 Å². The van der Waals surface area contributed by atoms with E-state index in [2.05, 4.69) is 22.1 Å². The van der Waals surface area contributed by atoms with Crippen molar-refractivity contribution >= 4 is 0 Å². The summed E-state index contributed by atoms with van der Waals surface area (Å²) >= 11 is 0. The Morgan fingerprint density at radius 2 is 1.96 bits per heavy atom. The maximum absolute atomic E-state index is 13.8. The molecule has 4 rings (SSSR count). The molecule has 1 aliphatic rings. The molecule has 0 radical (unpaired) electrons. The molecule has 0 atom stereocenters. The lowest BCUT2D eigenvalue weighted by Gasteiger charge is -2.12. The van der Waals surface area contributed by atoms with Gasteiger partial charge in [0.2, 0.25) is 0 Å². The third kappa shape index (κ3) is 2.65. The molecule has 1 aromatic carbocycles. The summed E-state index contributed by atoms with van der Waals surface area (Å²) in [7, 11) is 1.92. The zero-order valence-corrected chi connectivity index (χ0v) is 13.3. The first-order chi connectivity index (χ1) is 11.1. The third-order valence-corrected chi connectivity index (χ3v) is 4.32. The van der Waals surface area contributed by atoms with Crippen LogP contribution in [0.3, 0.4) is 0 Å². The lowest BCUT2D eigenvalue weighted by molar-refractivity contribution is 0.628. The maximum Gasteiger partial charge on any atom is 0.140 e. The van der Waals surface area contributed by atoms with Crippen LogP contribution in [0.5, 0.6) is 0 Å². The number of imidazole rings is 1. The van der Waals surface area contributed by atoms with E-state index in [0.717, 1.165) is 33.9 Å². The number of pyridine rings is 1. The number of hydrogen-bond acceptors (Lipinski definition) is 2. The van der Waals surface area contributed by atoms with E-state index in [-0.39, 0.29) is 5.82 Å². The van der Waals surface area contributed by atoms with Crippen LogP contribution in [0, 0.1) is 12.7 Å². The topological polar surface area (TPSA) is 30.7 Å². The van der Waals surface area contributed by atoms with E-state index >= 15 is 0 Å². The highest BCUT2D eigenvalue weighted by Crippen LogP contribution is 2.41. The Balaban J connectivity index is 1.91. The van der Waals surface area contributed by atoms with E-state index in [1.165, 1.54) is 18.9 Å². The lowest BCUT2D eigenvalue weighted by atomic mass is 9.97. The maximum atomic E-state index is 13.8. The van der Waals surface area contributed by atoms with Crippen LogP contribution in [0.25, 0.3) is 22.5 Å². The van der Waals surface area contributed by atoms with Crippen LogP contribution in [-0.4, -0.2) is 14.5 Å². The van der Waals surface area contributed by atoms with E-state index in [1.54, 1.807) is 12.3 Å². The minimum Gasteiger partial charge on any atom is -0.334 e. The molecule has 0 saturated heterocycles. The van der Waals surface area contributed by atoms with E-state index in [9.17, 15) is 4.39 Å². The Morgan fingerprint density at radius 1 is 1.13 bits per heavy atom. The fourth-order valence-electron chi connectivity index (χ4n) is 3.02. The molecule has 0 N–H and O–H groups in total. The number of nitrogens with zero attached hydrogens (tertiary/aromatic N) is 3. The first-order valence-corrected chi connectivity index (χ1v) is 7.88. The van der Waals surface area contributed by atoms with Gasteiger partial charge in [-0.3, -0.25) is 4.98 Å². The Kier molecular flexibility index (Phi) is 3.26. The summed E-state index contributed by atoms with van der Waals surface area (Å²) in [5.41, 5.74) is 5.03.